The van der Waals surface area contributed by atoms with Gasteiger partial charge < -0.3 is 14.9 Å². The van der Waals surface area contributed by atoms with E-state index in [-0.39, 0.29) is 0 Å². The molecule has 10 heavy (non-hydrogen) atoms. The van der Waals surface area contributed by atoms with Crippen molar-refractivity contribution >= 4 is 11.9 Å². The van der Waals surface area contributed by atoms with Crippen LogP contribution in [0.2, 0.25) is 0 Å². The number of carbonyl (C=O) groups is 2. The van der Waals surface area contributed by atoms with Gasteiger partial charge >= 0.3 is 11.9 Å². The highest BCUT2D eigenvalue weighted by Crippen LogP contribution is 1.91. The van der Waals surface area contributed by atoms with Crippen LogP contribution in [0.1, 0.15) is 0 Å². The maximum Gasteiger partial charge on any atom is 0.370 e. The second-order valence-corrected chi connectivity index (χ2v) is 1.41. The minimum Gasteiger partial charge on any atom is -0.479 e. The van der Waals surface area contributed by atoms with Crippen LogP contribution in [-0.4, -0.2) is 28.8 Å². The normalized spacial score (nSPS) is 8.40. The summed E-state index contributed by atoms with van der Waals surface area (Å²) < 4.78 is 4.17. The summed E-state index contributed by atoms with van der Waals surface area (Å²) in [6.45, 7) is 2.27. The molecule has 0 aliphatic carbocycles. The monoisotopic (exact) mass is 146 g/mol. The summed E-state index contributed by atoms with van der Waals surface area (Å²) in [4.78, 5) is 19.7. The smallest absolute Gasteiger partial charge is 0.370 e. The lowest BCUT2D eigenvalue weighted by Gasteiger charge is -1.99. The average molecular weight is 146 g/mol. The fourth-order valence-electron chi connectivity index (χ4n) is 0.211. The predicted molar refractivity (Wildman–Crippen MR) is 30.4 cm³/mol. The predicted octanol–water partition coefficient (Wildman–Crippen LogP) is -0.314. The third-order valence-corrected chi connectivity index (χ3v) is 0.608. The van der Waals surface area contributed by atoms with E-state index in [1.165, 1.54) is 0 Å². The van der Waals surface area contributed by atoms with E-state index in [2.05, 4.69) is 11.3 Å². The van der Waals surface area contributed by atoms with Gasteiger partial charge in [-0.25, -0.2) is 9.59 Å². The highest BCUT2D eigenvalue weighted by molar-refractivity contribution is 5.83. The fourth-order valence-corrected chi connectivity index (χ4v) is 0.211. The van der Waals surface area contributed by atoms with Crippen LogP contribution in [0.15, 0.2) is 12.3 Å². The molecule has 0 unspecified atom stereocenters. The van der Waals surface area contributed by atoms with Crippen LogP contribution < -0.4 is 0 Å². The van der Waals surface area contributed by atoms with Crippen molar-refractivity contribution < 1.29 is 24.5 Å². The van der Waals surface area contributed by atoms with E-state index in [1.54, 1.807) is 0 Å². The van der Waals surface area contributed by atoms with E-state index >= 15 is 0 Å². The Morgan fingerprint density at radius 1 is 1.40 bits per heavy atom. The number of rotatable bonds is 4. The van der Waals surface area contributed by atoms with Crippen LogP contribution in [-0.2, 0) is 14.3 Å². The van der Waals surface area contributed by atoms with E-state index in [0.717, 1.165) is 0 Å². The number of aliphatic carboxylic acids is 2. The minimum atomic E-state index is -1.36. The van der Waals surface area contributed by atoms with Crippen molar-refractivity contribution in [1.29, 1.82) is 0 Å². The molecule has 0 aliphatic heterocycles. The molecular formula is C5H6O5. The Balaban J connectivity index is 3.60. The summed E-state index contributed by atoms with van der Waals surface area (Å²) in [6, 6.07) is 0. The molecule has 0 saturated heterocycles. The van der Waals surface area contributed by atoms with E-state index in [1.807, 2.05) is 0 Å². The van der Waals surface area contributed by atoms with Gasteiger partial charge in [0.1, 0.15) is 0 Å². The maximum absolute atomic E-state index is 9.89. The molecule has 0 fully saturated rings. The molecule has 5 nitrogen and oxygen atoms in total. The van der Waals surface area contributed by atoms with Crippen molar-refractivity contribution in [3.8, 4) is 0 Å². The first-order valence-corrected chi connectivity index (χ1v) is 2.31. The third kappa shape index (κ3) is 3.48. The van der Waals surface area contributed by atoms with Crippen molar-refractivity contribution in [2.45, 2.75) is 0 Å². The zero-order valence-electron chi connectivity index (χ0n) is 5.03. The van der Waals surface area contributed by atoms with Crippen molar-refractivity contribution in [2.24, 2.45) is 0 Å². The lowest BCUT2D eigenvalue weighted by atomic mass is 10.6. The molecule has 0 aromatic rings. The van der Waals surface area contributed by atoms with Gasteiger partial charge in [-0.1, -0.05) is 0 Å². The number of carboxylic acid groups (broad SMARTS) is 2. The number of hydrogen-bond donors (Lipinski definition) is 2. The molecule has 0 heterocycles. The van der Waals surface area contributed by atoms with Gasteiger partial charge in [0.05, 0.1) is 0 Å². The molecule has 0 aliphatic rings. The van der Waals surface area contributed by atoms with Gasteiger partial charge in [0, 0.05) is 0 Å². The van der Waals surface area contributed by atoms with Crippen LogP contribution in [0.4, 0.5) is 0 Å². The van der Waals surface area contributed by atoms with Crippen molar-refractivity contribution in [3.05, 3.63) is 12.3 Å². The molecule has 0 atom stereocenters. The van der Waals surface area contributed by atoms with Gasteiger partial charge in [-0.15, -0.1) is 0 Å². The molecule has 5 heteroatoms. The van der Waals surface area contributed by atoms with Crippen LogP contribution in [0.3, 0.4) is 0 Å². The van der Waals surface area contributed by atoms with Crippen molar-refractivity contribution in [3.63, 3.8) is 0 Å². The molecular weight excluding hydrogens is 140 g/mol. The highest BCUT2D eigenvalue weighted by Gasteiger charge is 2.06. The molecule has 0 saturated carbocycles. The number of ether oxygens (including phenoxy) is 1. The van der Waals surface area contributed by atoms with Crippen LogP contribution >= 0.6 is 0 Å². The van der Waals surface area contributed by atoms with Gasteiger partial charge in [-0.2, -0.15) is 0 Å². The summed E-state index contributed by atoms with van der Waals surface area (Å²) in [5.41, 5.74) is 0. The molecule has 2 N–H and O–H groups in total. The lowest BCUT2D eigenvalue weighted by molar-refractivity contribution is -0.143. The summed E-state index contributed by atoms with van der Waals surface area (Å²) in [5.74, 6) is -3.16. The Morgan fingerprint density at radius 2 is 1.90 bits per heavy atom. The maximum atomic E-state index is 9.89. The molecule has 0 radical (unpaired) electrons. The third-order valence-electron chi connectivity index (χ3n) is 0.608. The SMILES string of the molecule is C=C(OCC(=O)O)C(=O)O. The Hall–Kier alpha value is -1.52. The van der Waals surface area contributed by atoms with E-state index in [0.29, 0.717) is 0 Å². The zero-order chi connectivity index (χ0) is 8.15. The average Bonchev–Trinajstić information content (AvgIpc) is 1.82. The topological polar surface area (TPSA) is 83.8 Å². The minimum absolute atomic E-state index is 0.567. The molecule has 0 aromatic carbocycles. The number of hydrogen-bond acceptors (Lipinski definition) is 3. The van der Waals surface area contributed by atoms with Crippen molar-refractivity contribution in [1.82, 2.24) is 0 Å². The first-order chi connectivity index (χ1) is 4.54. The zero-order valence-corrected chi connectivity index (χ0v) is 5.03. The molecule has 0 aromatic heterocycles. The van der Waals surface area contributed by atoms with Gasteiger partial charge in [0.2, 0.25) is 0 Å². The quantitative estimate of drug-likeness (QED) is 0.419. The summed E-state index contributed by atoms with van der Waals surface area (Å²) in [6.07, 6.45) is 0. The van der Waals surface area contributed by atoms with Crippen LogP contribution in [0.5, 0.6) is 0 Å². The summed E-state index contributed by atoms with van der Waals surface area (Å²) >= 11 is 0. The lowest BCUT2D eigenvalue weighted by Crippen LogP contribution is -2.10. The van der Waals surface area contributed by atoms with Crippen molar-refractivity contribution in [2.75, 3.05) is 6.61 Å². The molecule has 0 bridgehead atoms. The Bertz CT molecular complexity index is 171. The number of carboxylic acids is 2. The van der Waals surface area contributed by atoms with Crippen LogP contribution in [0.25, 0.3) is 0 Å². The van der Waals surface area contributed by atoms with Gasteiger partial charge in [0.15, 0.2) is 12.4 Å². The van der Waals surface area contributed by atoms with E-state index in [4.69, 9.17) is 10.2 Å². The largest absolute Gasteiger partial charge is 0.479 e. The summed E-state index contributed by atoms with van der Waals surface area (Å²) in [5, 5.41) is 16.1. The highest BCUT2D eigenvalue weighted by atomic mass is 16.5. The second-order valence-electron chi connectivity index (χ2n) is 1.41. The molecule has 0 amide bonds. The Kier molecular flexibility index (Phi) is 2.96. The fraction of sp³-hybridized carbons (Fsp3) is 0.200. The molecule has 56 valence electrons. The second kappa shape index (κ2) is 3.49. The van der Waals surface area contributed by atoms with Gasteiger partial charge in [0.25, 0.3) is 0 Å². The summed E-state index contributed by atoms with van der Waals surface area (Å²) in [7, 11) is 0. The van der Waals surface area contributed by atoms with Crippen LogP contribution in [0, 0.1) is 0 Å². The van der Waals surface area contributed by atoms with Gasteiger partial charge in [-0.3, -0.25) is 0 Å². The van der Waals surface area contributed by atoms with E-state index in [9.17, 15) is 9.59 Å². The first-order valence-electron chi connectivity index (χ1n) is 2.31. The van der Waals surface area contributed by atoms with E-state index < -0.39 is 24.3 Å². The van der Waals surface area contributed by atoms with Gasteiger partial charge in [-0.05, 0) is 6.58 Å². The first kappa shape index (κ1) is 8.48. The Morgan fingerprint density at radius 3 is 2.20 bits per heavy atom. The molecule has 0 rings (SSSR count). The standard InChI is InChI=1S/C5H6O5/c1-3(5(8)9)10-2-4(6)7/h1-2H2,(H,6,7)(H,8,9). The molecule has 0 spiro atoms. The Labute approximate surface area is 56.5 Å².